The Morgan fingerprint density at radius 3 is 2.41 bits per heavy atom. The fraction of sp³-hybridized carbons (Fsp3) is 0.273. The molecule has 0 fully saturated rings. The first-order valence-electron chi connectivity index (χ1n) is 4.73. The molecule has 0 aliphatic heterocycles. The van der Waals surface area contributed by atoms with Gasteiger partial charge in [0.05, 0.1) is 20.6 Å². The zero-order chi connectivity index (χ0) is 12.8. The Balaban J connectivity index is 2.70. The molecule has 0 saturated heterocycles. The molecule has 0 aromatic carbocycles. The van der Waals surface area contributed by atoms with Gasteiger partial charge in [-0.1, -0.05) is 0 Å². The largest absolute Gasteiger partial charge is 0.481 e. The van der Waals surface area contributed by atoms with Crippen molar-refractivity contribution in [2.45, 2.75) is 6.42 Å². The molecule has 90 valence electrons. The number of rotatable bonds is 5. The maximum Gasteiger partial charge on any atom is 0.374 e. The van der Waals surface area contributed by atoms with E-state index in [2.05, 4.69) is 9.72 Å². The third kappa shape index (κ3) is 3.37. The predicted octanol–water partition coefficient (Wildman–Crippen LogP) is 0.405. The van der Waals surface area contributed by atoms with Crippen LogP contribution in [0.25, 0.3) is 0 Å². The normalized spacial score (nSPS) is 9.53. The van der Waals surface area contributed by atoms with Crippen molar-refractivity contribution in [3.8, 4) is 5.88 Å². The van der Waals surface area contributed by atoms with E-state index in [-0.39, 0.29) is 5.56 Å². The van der Waals surface area contributed by atoms with Gasteiger partial charge in [-0.25, -0.2) is 9.78 Å². The highest BCUT2D eigenvalue weighted by atomic mass is 16.5. The molecule has 1 heterocycles. The molecule has 0 amide bonds. The van der Waals surface area contributed by atoms with Crippen molar-refractivity contribution < 1.29 is 23.9 Å². The summed E-state index contributed by atoms with van der Waals surface area (Å²) >= 11 is 0. The molecule has 17 heavy (non-hydrogen) atoms. The van der Waals surface area contributed by atoms with Crippen molar-refractivity contribution >= 4 is 17.5 Å². The first-order valence-corrected chi connectivity index (χ1v) is 4.73. The second-order valence-corrected chi connectivity index (χ2v) is 3.10. The van der Waals surface area contributed by atoms with Crippen LogP contribution in [0.3, 0.4) is 0 Å². The van der Waals surface area contributed by atoms with Gasteiger partial charge in [-0.2, -0.15) is 0 Å². The van der Waals surface area contributed by atoms with Gasteiger partial charge in [0.2, 0.25) is 11.7 Å². The number of esters is 1. The lowest BCUT2D eigenvalue weighted by Gasteiger charge is -2.01. The lowest BCUT2D eigenvalue weighted by atomic mass is 10.1. The Morgan fingerprint density at radius 1 is 1.24 bits per heavy atom. The van der Waals surface area contributed by atoms with E-state index in [1.54, 1.807) is 0 Å². The third-order valence-corrected chi connectivity index (χ3v) is 2.00. The Kier molecular flexibility index (Phi) is 4.33. The van der Waals surface area contributed by atoms with Gasteiger partial charge in [0.25, 0.3) is 0 Å². The SMILES string of the molecule is COC(=O)C(=O)CC(=O)c1ccc(OC)nc1. The van der Waals surface area contributed by atoms with E-state index in [0.29, 0.717) is 5.88 Å². The highest BCUT2D eigenvalue weighted by Gasteiger charge is 2.19. The van der Waals surface area contributed by atoms with Crippen molar-refractivity contribution in [2.24, 2.45) is 0 Å². The summed E-state index contributed by atoms with van der Waals surface area (Å²) < 4.78 is 9.03. The molecule has 0 aliphatic carbocycles. The second-order valence-electron chi connectivity index (χ2n) is 3.10. The molecule has 1 aromatic rings. The number of carbonyl (C=O) groups excluding carboxylic acids is 3. The zero-order valence-electron chi connectivity index (χ0n) is 9.43. The molecule has 0 spiro atoms. The molecule has 0 atom stereocenters. The van der Waals surface area contributed by atoms with Crippen LogP contribution in [0.4, 0.5) is 0 Å². The lowest BCUT2D eigenvalue weighted by Crippen LogP contribution is -2.19. The molecule has 1 rings (SSSR count). The first-order chi connectivity index (χ1) is 8.08. The number of nitrogens with zero attached hydrogens (tertiary/aromatic N) is 1. The maximum atomic E-state index is 11.6. The molecule has 0 radical (unpaired) electrons. The summed E-state index contributed by atoms with van der Waals surface area (Å²) in [6.45, 7) is 0. The van der Waals surface area contributed by atoms with Crippen molar-refractivity contribution in [3.63, 3.8) is 0 Å². The Bertz CT molecular complexity index is 438. The highest BCUT2D eigenvalue weighted by Crippen LogP contribution is 2.09. The third-order valence-electron chi connectivity index (χ3n) is 2.00. The number of aromatic nitrogens is 1. The lowest BCUT2D eigenvalue weighted by molar-refractivity contribution is -0.151. The van der Waals surface area contributed by atoms with Crippen LogP contribution in [0.1, 0.15) is 16.8 Å². The Hall–Kier alpha value is -2.24. The van der Waals surface area contributed by atoms with Crippen molar-refractivity contribution in [1.29, 1.82) is 0 Å². The van der Waals surface area contributed by atoms with Crippen LogP contribution in [-0.4, -0.2) is 36.7 Å². The Morgan fingerprint density at radius 2 is 1.94 bits per heavy atom. The van der Waals surface area contributed by atoms with Gasteiger partial charge in [-0.15, -0.1) is 0 Å². The molecule has 0 unspecified atom stereocenters. The molecule has 6 heteroatoms. The molecule has 6 nitrogen and oxygen atoms in total. The van der Waals surface area contributed by atoms with Crippen LogP contribution in [0.5, 0.6) is 5.88 Å². The van der Waals surface area contributed by atoms with E-state index < -0.39 is 24.0 Å². The Labute approximate surface area is 97.6 Å². The number of ketones is 2. The van der Waals surface area contributed by atoms with Crippen LogP contribution in [-0.2, 0) is 14.3 Å². The molecule has 0 saturated carbocycles. The van der Waals surface area contributed by atoms with Gasteiger partial charge in [-0.05, 0) is 6.07 Å². The number of hydrogen-bond acceptors (Lipinski definition) is 6. The number of carbonyl (C=O) groups is 3. The minimum Gasteiger partial charge on any atom is -0.481 e. The number of hydrogen-bond donors (Lipinski definition) is 0. The number of pyridine rings is 1. The van der Waals surface area contributed by atoms with Gasteiger partial charge >= 0.3 is 5.97 Å². The summed E-state index contributed by atoms with van der Waals surface area (Å²) in [4.78, 5) is 37.3. The van der Waals surface area contributed by atoms with Gasteiger partial charge < -0.3 is 9.47 Å². The zero-order valence-corrected chi connectivity index (χ0v) is 9.43. The summed E-state index contributed by atoms with van der Waals surface area (Å²) in [5.41, 5.74) is 0.239. The highest BCUT2D eigenvalue weighted by molar-refractivity contribution is 6.38. The molecule has 1 aromatic heterocycles. The van der Waals surface area contributed by atoms with E-state index in [1.165, 1.54) is 25.4 Å². The van der Waals surface area contributed by atoms with E-state index in [0.717, 1.165) is 7.11 Å². The summed E-state index contributed by atoms with van der Waals surface area (Å²) in [5.74, 6) is -2.04. The van der Waals surface area contributed by atoms with E-state index in [1.807, 2.05) is 0 Å². The topological polar surface area (TPSA) is 82.6 Å². The van der Waals surface area contributed by atoms with Crippen LogP contribution in [0.15, 0.2) is 18.3 Å². The fourth-order valence-corrected chi connectivity index (χ4v) is 1.10. The quantitative estimate of drug-likeness (QED) is 0.319. The minimum absolute atomic E-state index is 0.239. The monoisotopic (exact) mass is 237 g/mol. The molecule has 0 N–H and O–H groups in total. The number of Topliss-reactive ketones (excluding diaryl/α,β-unsaturated/α-hetero) is 2. The minimum atomic E-state index is -1.03. The van der Waals surface area contributed by atoms with Crippen LogP contribution >= 0.6 is 0 Å². The summed E-state index contributed by atoms with van der Waals surface area (Å²) in [6.07, 6.45) is 0.756. The van der Waals surface area contributed by atoms with Crippen LogP contribution < -0.4 is 4.74 Å². The van der Waals surface area contributed by atoms with Crippen LogP contribution in [0.2, 0.25) is 0 Å². The maximum absolute atomic E-state index is 11.6. The van der Waals surface area contributed by atoms with Gasteiger partial charge in [0.15, 0.2) is 5.78 Å². The smallest absolute Gasteiger partial charge is 0.374 e. The van der Waals surface area contributed by atoms with E-state index in [9.17, 15) is 14.4 Å². The number of ether oxygens (including phenoxy) is 2. The number of methoxy groups -OCH3 is 2. The predicted molar refractivity (Wildman–Crippen MR) is 56.8 cm³/mol. The standard InChI is InChI=1S/C11H11NO5/c1-16-10-4-3-7(6-12-10)8(13)5-9(14)11(15)17-2/h3-4,6H,5H2,1-2H3. The van der Waals surface area contributed by atoms with E-state index in [4.69, 9.17) is 4.74 Å². The summed E-state index contributed by atoms with van der Waals surface area (Å²) in [7, 11) is 2.53. The van der Waals surface area contributed by atoms with E-state index >= 15 is 0 Å². The molecule has 0 aliphatic rings. The average Bonchev–Trinajstić information content (AvgIpc) is 2.37. The van der Waals surface area contributed by atoms with Crippen molar-refractivity contribution in [3.05, 3.63) is 23.9 Å². The average molecular weight is 237 g/mol. The van der Waals surface area contributed by atoms with Gasteiger partial charge in [-0.3, -0.25) is 9.59 Å². The van der Waals surface area contributed by atoms with Gasteiger partial charge in [0, 0.05) is 17.8 Å². The van der Waals surface area contributed by atoms with Crippen molar-refractivity contribution in [2.75, 3.05) is 14.2 Å². The molecular formula is C11H11NO5. The van der Waals surface area contributed by atoms with Crippen molar-refractivity contribution in [1.82, 2.24) is 4.98 Å². The van der Waals surface area contributed by atoms with Gasteiger partial charge in [0.1, 0.15) is 0 Å². The summed E-state index contributed by atoms with van der Waals surface area (Å²) in [6, 6.07) is 2.97. The molecular weight excluding hydrogens is 226 g/mol. The van der Waals surface area contributed by atoms with Crippen LogP contribution in [0, 0.1) is 0 Å². The molecule has 0 bridgehead atoms. The second kappa shape index (κ2) is 5.74. The first kappa shape index (κ1) is 12.8. The fourth-order valence-electron chi connectivity index (χ4n) is 1.10. The summed E-state index contributed by atoms with van der Waals surface area (Å²) in [5, 5.41) is 0.